The van der Waals surface area contributed by atoms with Crippen molar-refractivity contribution >= 4 is 11.6 Å². The number of carbonyl (C=O) groups is 1. The van der Waals surface area contributed by atoms with E-state index >= 15 is 0 Å². The van der Waals surface area contributed by atoms with Crippen molar-refractivity contribution in [1.29, 1.82) is 0 Å². The van der Waals surface area contributed by atoms with Gasteiger partial charge in [0.2, 0.25) is 0 Å². The molecule has 5 nitrogen and oxygen atoms in total. The lowest BCUT2D eigenvalue weighted by Crippen LogP contribution is -2.31. The summed E-state index contributed by atoms with van der Waals surface area (Å²) in [7, 11) is 0. The maximum atomic E-state index is 12.9. The average Bonchev–Trinajstić information content (AvgIpc) is 2.61. The van der Waals surface area contributed by atoms with Gasteiger partial charge in [0.15, 0.2) is 11.5 Å². The van der Waals surface area contributed by atoms with Crippen LogP contribution in [0.1, 0.15) is 77.7 Å². The highest BCUT2D eigenvalue weighted by atomic mass is 16.6. The number of hydrazone groups is 1. The molecule has 1 aromatic rings. The molecule has 0 aromatic heterocycles. The van der Waals surface area contributed by atoms with E-state index in [4.69, 9.17) is 9.47 Å². The van der Waals surface area contributed by atoms with Crippen LogP contribution < -0.4 is 14.9 Å². The second kappa shape index (κ2) is 8.54. The highest BCUT2D eigenvalue weighted by Crippen LogP contribution is 2.36. The summed E-state index contributed by atoms with van der Waals surface area (Å²) in [5, 5.41) is 4.56. The van der Waals surface area contributed by atoms with E-state index in [1.165, 1.54) is 0 Å². The number of rotatable bonds is 5. The third-order valence-electron chi connectivity index (χ3n) is 5.55. The van der Waals surface area contributed by atoms with Gasteiger partial charge in [-0.2, -0.15) is 5.10 Å². The Kier molecular flexibility index (Phi) is 6.79. The molecule has 1 aliphatic rings. The minimum absolute atomic E-state index is 0.118. The normalized spacial score (nSPS) is 15.9. The summed E-state index contributed by atoms with van der Waals surface area (Å²) >= 11 is 0. The number of ether oxygens (including phenoxy) is 2. The van der Waals surface area contributed by atoms with Crippen molar-refractivity contribution in [2.24, 2.45) is 21.8 Å². The Labute approximate surface area is 169 Å². The number of hydrogen-bond donors (Lipinski definition) is 1. The molecule has 1 amide bonds. The van der Waals surface area contributed by atoms with Crippen molar-refractivity contribution in [3.05, 3.63) is 23.3 Å². The lowest BCUT2D eigenvalue weighted by atomic mass is 9.75. The number of nitrogens with zero attached hydrogens (tertiary/aromatic N) is 1. The van der Waals surface area contributed by atoms with Crippen molar-refractivity contribution in [3.63, 3.8) is 0 Å². The van der Waals surface area contributed by atoms with Gasteiger partial charge in [0.05, 0.1) is 0 Å². The van der Waals surface area contributed by atoms with Gasteiger partial charge in [-0.15, -0.1) is 0 Å². The molecule has 0 spiro atoms. The van der Waals surface area contributed by atoms with E-state index in [2.05, 4.69) is 59.0 Å². The fourth-order valence-electron chi connectivity index (χ4n) is 3.03. The molecule has 1 N–H and O–H groups in total. The lowest BCUT2D eigenvalue weighted by molar-refractivity contribution is 0.0951. The van der Waals surface area contributed by atoms with Crippen LogP contribution in [0, 0.1) is 16.7 Å². The van der Waals surface area contributed by atoms with Crippen molar-refractivity contribution in [2.45, 2.75) is 68.2 Å². The molecule has 0 radical (unpaired) electrons. The van der Waals surface area contributed by atoms with Gasteiger partial charge in [-0.25, -0.2) is 5.43 Å². The minimum atomic E-state index is -0.209. The quantitative estimate of drug-likeness (QED) is 0.555. The van der Waals surface area contributed by atoms with Crippen LogP contribution in [0.25, 0.3) is 0 Å². The summed E-state index contributed by atoms with van der Waals surface area (Å²) in [5.41, 5.74) is 5.32. The minimum Gasteiger partial charge on any atom is -0.486 e. The zero-order valence-electron chi connectivity index (χ0n) is 18.7. The highest BCUT2D eigenvalue weighted by molar-refractivity contribution is 5.98. The molecule has 2 rings (SSSR count). The number of benzene rings is 1. The smallest absolute Gasteiger partial charge is 0.271 e. The Morgan fingerprint density at radius 2 is 1.79 bits per heavy atom. The summed E-state index contributed by atoms with van der Waals surface area (Å²) < 4.78 is 11.4. The van der Waals surface area contributed by atoms with Crippen LogP contribution in [0.5, 0.6) is 11.5 Å². The van der Waals surface area contributed by atoms with Crippen LogP contribution in [0.15, 0.2) is 17.2 Å². The molecule has 156 valence electrons. The molecule has 0 saturated heterocycles. The second-order valence-corrected chi connectivity index (χ2v) is 9.69. The van der Waals surface area contributed by atoms with E-state index in [0.717, 1.165) is 17.7 Å². The Morgan fingerprint density at radius 1 is 1.14 bits per heavy atom. The first kappa shape index (κ1) is 22.3. The van der Waals surface area contributed by atoms with E-state index in [9.17, 15) is 4.79 Å². The van der Waals surface area contributed by atoms with Crippen LogP contribution in [-0.2, 0) is 6.42 Å². The molecule has 5 heteroatoms. The molecular weight excluding hydrogens is 352 g/mol. The predicted molar refractivity (Wildman–Crippen MR) is 114 cm³/mol. The zero-order chi connectivity index (χ0) is 21.1. The van der Waals surface area contributed by atoms with Crippen molar-refractivity contribution in [3.8, 4) is 11.5 Å². The SMILES string of the molecule is CCc1c(C(=O)N/N=C(/CC(C)C(C)(C)C)C(C)(C)C)ccc2c1OCCO2. The van der Waals surface area contributed by atoms with Crippen LogP contribution in [0.4, 0.5) is 0 Å². The molecule has 0 fully saturated rings. The Morgan fingerprint density at radius 3 is 2.36 bits per heavy atom. The van der Waals surface area contributed by atoms with Crippen LogP contribution >= 0.6 is 0 Å². The van der Waals surface area contributed by atoms with Gasteiger partial charge < -0.3 is 9.47 Å². The van der Waals surface area contributed by atoms with Gasteiger partial charge in [-0.1, -0.05) is 55.4 Å². The number of amides is 1. The molecule has 1 aliphatic heterocycles. The maximum Gasteiger partial charge on any atom is 0.271 e. The molecule has 1 aromatic carbocycles. The highest BCUT2D eigenvalue weighted by Gasteiger charge is 2.28. The molecule has 0 bridgehead atoms. The fraction of sp³-hybridized carbons (Fsp3) is 0.652. The summed E-state index contributed by atoms with van der Waals surface area (Å²) in [6.45, 7) is 18.4. The third-order valence-corrected chi connectivity index (χ3v) is 5.55. The molecule has 1 atom stereocenters. The van der Waals surface area contributed by atoms with Gasteiger partial charge >= 0.3 is 0 Å². The fourth-order valence-corrected chi connectivity index (χ4v) is 3.03. The Hall–Kier alpha value is -2.04. The monoisotopic (exact) mass is 388 g/mol. The summed E-state index contributed by atoms with van der Waals surface area (Å²) in [6, 6.07) is 3.60. The number of fused-ring (bicyclic) bond motifs is 1. The zero-order valence-corrected chi connectivity index (χ0v) is 18.7. The van der Waals surface area contributed by atoms with Gasteiger partial charge in [0.25, 0.3) is 5.91 Å². The molecule has 1 heterocycles. The first-order valence-electron chi connectivity index (χ1n) is 10.2. The van der Waals surface area contributed by atoms with E-state index in [0.29, 0.717) is 42.6 Å². The third kappa shape index (κ3) is 5.27. The number of nitrogens with one attached hydrogen (secondary N) is 1. The van der Waals surface area contributed by atoms with Gasteiger partial charge in [0.1, 0.15) is 13.2 Å². The van der Waals surface area contributed by atoms with Crippen molar-refractivity contribution in [1.82, 2.24) is 5.43 Å². The summed E-state index contributed by atoms with van der Waals surface area (Å²) in [4.78, 5) is 12.9. The van der Waals surface area contributed by atoms with E-state index in [1.54, 1.807) is 12.1 Å². The lowest BCUT2D eigenvalue weighted by Gasteiger charge is -2.31. The van der Waals surface area contributed by atoms with Crippen molar-refractivity contribution in [2.75, 3.05) is 13.2 Å². The van der Waals surface area contributed by atoms with Gasteiger partial charge in [-0.05, 0) is 36.3 Å². The maximum absolute atomic E-state index is 12.9. The number of hydrogen-bond acceptors (Lipinski definition) is 4. The van der Waals surface area contributed by atoms with Gasteiger partial charge in [0, 0.05) is 22.3 Å². The molecular formula is C23H36N2O3. The average molecular weight is 389 g/mol. The Bertz CT molecular complexity index is 739. The topological polar surface area (TPSA) is 59.9 Å². The van der Waals surface area contributed by atoms with Crippen LogP contribution in [0.2, 0.25) is 0 Å². The number of carbonyl (C=O) groups excluding carboxylic acids is 1. The predicted octanol–water partition coefficient (Wildman–Crippen LogP) is 5.22. The van der Waals surface area contributed by atoms with Gasteiger partial charge in [-0.3, -0.25) is 4.79 Å². The molecule has 1 unspecified atom stereocenters. The van der Waals surface area contributed by atoms with Crippen LogP contribution in [-0.4, -0.2) is 24.8 Å². The largest absolute Gasteiger partial charge is 0.486 e. The molecule has 0 aliphatic carbocycles. The Balaban J connectivity index is 2.26. The standard InChI is InChI=1S/C23H36N2O3/c1-9-16-17(10-11-18-20(16)28-13-12-27-18)21(26)25-24-19(23(6,7)8)14-15(2)22(3,4)5/h10-11,15H,9,12-14H2,1-8H3,(H,25,26)/b24-19-. The summed E-state index contributed by atoms with van der Waals surface area (Å²) in [6.07, 6.45) is 1.53. The van der Waals surface area contributed by atoms with E-state index < -0.39 is 0 Å². The van der Waals surface area contributed by atoms with Crippen LogP contribution in [0.3, 0.4) is 0 Å². The molecule has 0 saturated carbocycles. The second-order valence-electron chi connectivity index (χ2n) is 9.69. The first-order valence-corrected chi connectivity index (χ1v) is 10.2. The van der Waals surface area contributed by atoms with E-state index in [-0.39, 0.29) is 16.7 Å². The summed E-state index contributed by atoms with van der Waals surface area (Å²) in [5.74, 6) is 1.63. The van der Waals surface area contributed by atoms with E-state index in [1.807, 2.05) is 6.92 Å². The first-order chi connectivity index (χ1) is 12.9. The van der Waals surface area contributed by atoms with Crippen molar-refractivity contribution < 1.29 is 14.3 Å². The molecule has 28 heavy (non-hydrogen) atoms.